The first-order valence-electron chi connectivity index (χ1n) is 8.47. The molecule has 0 unspecified atom stereocenters. The van der Waals surface area contributed by atoms with Crippen LogP contribution in [0, 0.1) is 6.92 Å². The SMILES string of the molecule is Cc1ccccc1CNC(=O)COC(=O)CCc1ccc2c(c1)OCO2. The van der Waals surface area contributed by atoms with Gasteiger partial charge in [0, 0.05) is 13.0 Å². The maximum absolute atomic E-state index is 11.8. The summed E-state index contributed by atoms with van der Waals surface area (Å²) in [7, 11) is 0. The summed E-state index contributed by atoms with van der Waals surface area (Å²) in [5.74, 6) is 0.673. The van der Waals surface area contributed by atoms with Gasteiger partial charge in [0.2, 0.25) is 6.79 Å². The summed E-state index contributed by atoms with van der Waals surface area (Å²) in [5, 5.41) is 2.75. The van der Waals surface area contributed by atoms with Gasteiger partial charge in [0.25, 0.3) is 5.91 Å². The molecule has 6 nitrogen and oxygen atoms in total. The lowest BCUT2D eigenvalue weighted by Gasteiger charge is -2.08. The minimum absolute atomic E-state index is 0.199. The van der Waals surface area contributed by atoms with Crippen LogP contribution in [0.3, 0.4) is 0 Å². The third-order valence-corrected chi connectivity index (χ3v) is 4.16. The minimum atomic E-state index is -0.409. The average molecular weight is 355 g/mol. The van der Waals surface area contributed by atoms with Crippen LogP contribution in [0.25, 0.3) is 0 Å². The maximum Gasteiger partial charge on any atom is 0.306 e. The Morgan fingerprint density at radius 2 is 1.92 bits per heavy atom. The number of fused-ring (bicyclic) bond motifs is 1. The highest BCUT2D eigenvalue weighted by Crippen LogP contribution is 2.32. The molecule has 0 atom stereocenters. The van der Waals surface area contributed by atoms with Gasteiger partial charge in [-0.25, -0.2) is 0 Å². The first kappa shape index (κ1) is 17.8. The van der Waals surface area contributed by atoms with Gasteiger partial charge in [-0.2, -0.15) is 0 Å². The van der Waals surface area contributed by atoms with Gasteiger partial charge in [0.05, 0.1) is 0 Å². The summed E-state index contributed by atoms with van der Waals surface area (Å²) >= 11 is 0. The Hall–Kier alpha value is -3.02. The number of nitrogens with one attached hydrogen (secondary N) is 1. The molecule has 0 saturated carbocycles. The van der Waals surface area contributed by atoms with Crippen molar-refractivity contribution in [1.82, 2.24) is 5.32 Å². The molecule has 0 fully saturated rings. The molecule has 0 aromatic heterocycles. The molecule has 1 amide bonds. The Bertz CT molecular complexity index is 803. The Kier molecular flexibility index (Phi) is 5.73. The van der Waals surface area contributed by atoms with Crippen LogP contribution in [0.5, 0.6) is 11.5 Å². The lowest BCUT2D eigenvalue weighted by atomic mass is 10.1. The van der Waals surface area contributed by atoms with E-state index in [1.54, 1.807) is 0 Å². The molecule has 1 heterocycles. The second-order valence-electron chi connectivity index (χ2n) is 6.05. The zero-order valence-corrected chi connectivity index (χ0v) is 14.6. The summed E-state index contributed by atoms with van der Waals surface area (Å²) in [6, 6.07) is 13.4. The van der Waals surface area contributed by atoms with Gasteiger partial charge in [0.1, 0.15) is 0 Å². The van der Waals surface area contributed by atoms with E-state index in [0.717, 1.165) is 16.7 Å². The van der Waals surface area contributed by atoms with E-state index in [1.165, 1.54) is 0 Å². The molecule has 2 aromatic carbocycles. The minimum Gasteiger partial charge on any atom is -0.456 e. The van der Waals surface area contributed by atoms with E-state index >= 15 is 0 Å². The number of amides is 1. The van der Waals surface area contributed by atoms with Gasteiger partial charge >= 0.3 is 5.97 Å². The molecule has 1 aliphatic rings. The Morgan fingerprint density at radius 1 is 1.12 bits per heavy atom. The van der Waals surface area contributed by atoms with Gasteiger partial charge < -0.3 is 19.5 Å². The van der Waals surface area contributed by atoms with Crippen LogP contribution < -0.4 is 14.8 Å². The van der Waals surface area contributed by atoms with Crippen LogP contribution >= 0.6 is 0 Å². The molecule has 1 aliphatic heterocycles. The van der Waals surface area contributed by atoms with Crippen LogP contribution in [0.15, 0.2) is 42.5 Å². The Labute approximate surface area is 152 Å². The number of hydrogen-bond acceptors (Lipinski definition) is 5. The topological polar surface area (TPSA) is 73.9 Å². The van der Waals surface area contributed by atoms with Crippen molar-refractivity contribution in [2.75, 3.05) is 13.4 Å². The van der Waals surface area contributed by atoms with Crippen LogP contribution in [0.2, 0.25) is 0 Å². The smallest absolute Gasteiger partial charge is 0.306 e. The van der Waals surface area contributed by atoms with Crippen molar-refractivity contribution in [3.05, 3.63) is 59.2 Å². The largest absolute Gasteiger partial charge is 0.456 e. The summed E-state index contributed by atoms with van der Waals surface area (Å²) in [6.07, 6.45) is 0.713. The highest BCUT2D eigenvalue weighted by Gasteiger charge is 2.14. The van der Waals surface area contributed by atoms with Crippen molar-refractivity contribution in [3.8, 4) is 11.5 Å². The van der Waals surface area contributed by atoms with Crippen molar-refractivity contribution in [1.29, 1.82) is 0 Å². The first-order chi connectivity index (χ1) is 12.6. The summed E-state index contributed by atoms with van der Waals surface area (Å²) in [6.45, 7) is 2.35. The average Bonchev–Trinajstić information content (AvgIpc) is 3.12. The standard InChI is InChI=1S/C20H21NO5/c1-14-4-2-3-5-16(14)11-21-19(22)12-24-20(23)9-7-15-6-8-17-18(10-15)26-13-25-17/h2-6,8,10H,7,9,11-13H2,1H3,(H,21,22). The van der Waals surface area contributed by atoms with Crippen molar-refractivity contribution in [2.24, 2.45) is 0 Å². The fourth-order valence-electron chi connectivity index (χ4n) is 2.61. The number of ether oxygens (including phenoxy) is 3. The fraction of sp³-hybridized carbons (Fsp3) is 0.300. The van der Waals surface area contributed by atoms with E-state index in [-0.39, 0.29) is 25.7 Å². The lowest BCUT2D eigenvalue weighted by Crippen LogP contribution is -2.28. The molecular weight excluding hydrogens is 334 g/mol. The van der Waals surface area contributed by atoms with Gasteiger partial charge in [-0.3, -0.25) is 9.59 Å². The number of benzene rings is 2. The van der Waals surface area contributed by atoms with Crippen molar-refractivity contribution in [3.63, 3.8) is 0 Å². The van der Waals surface area contributed by atoms with Gasteiger partial charge in [-0.05, 0) is 42.2 Å². The van der Waals surface area contributed by atoms with Gasteiger partial charge in [-0.15, -0.1) is 0 Å². The molecule has 6 heteroatoms. The van der Waals surface area contributed by atoms with Crippen molar-refractivity contribution >= 4 is 11.9 Å². The van der Waals surface area contributed by atoms with Crippen molar-refractivity contribution in [2.45, 2.75) is 26.3 Å². The predicted molar refractivity (Wildman–Crippen MR) is 94.9 cm³/mol. The van der Waals surface area contributed by atoms with Crippen LogP contribution in [0.1, 0.15) is 23.1 Å². The Balaban J connectivity index is 1.37. The summed E-state index contributed by atoms with van der Waals surface area (Å²) < 4.78 is 15.6. The molecule has 0 spiro atoms. The quantitative estimate of drug-likeness (QED) is 0.773. The van der Waals surface area contributed by atoms with Crippen LogP contribution in [0.4, 0.5) is 0 Å². The maximum atomic E-state index is 11.8. The predicted octanol–water partition coefficient (Wildman–Crippen LogP) is 2.52. The molecule has 0 bridgehead atoms. The van der Waals surface area contributed by atoms with E-state index < -0.39 is 5.97 Å². The molecule has 0 saturated heterocycles. The monoisotopic (exact) mass is 355 g/mol. The normalized spacial score (nSPS) is 11.9. The number of aryl methyl sites for hydroxylation is 2. The number of esters is 1. The summed E-state index contributed by atoms with van der Waals surface area (Å²) in [4.78, 5) is 23.6. The number of hydrogen-bond donors (Lipinski definition) is 1. The second kappa shape index (κ2) is 8.38. The molecule has 0 aliphatic carbocycles. The number of rotatable bonds is 7. The van der Waals surface area contributed by atoms with E-state index in [2.05, 4.69) is 5.32 Å². The van der Waals surface area contributed by atoms with Crippen LogP contribution in [-0.4, -0.2) is 25.3 Å². The van der Waals surface area contributed by atoms with E-state index in [4.69, 9.17) is 14.2 Å². The highest BCUT2D eigenvalue weighted by atomic mass is 16.7. The fourth-order valence-corrected chi connectivity index (χ4v) is 2.61. The van der Waals surface area contributed by atoms with Crippen molar-refractivity contribution < 1.29 is 23.8 Å². The van der Waals surface area contributed by atoms with Gasteiger partial charge in [0.15, 0.2) is 18.1 Å². The van der Waals surface area contributed by atoms with E-state index in [0.29, 0.717) is 24.5 Å². The number of carbonyl (C=O) groups is 2. The molecule has 2 aromatic rings. The number of carbonyl (C=O) groups excluding carboxylic acids is 2. The third-order valence-electron chi connectivity index (χ3n) is 4.16. The summed E-state index contributed by atoms with van der Waals surface area (Å²) in [5.41, 5.74) is 3.10. The molecule has 136 valence electrons. The molecule has 0 radical (unpaired) electrons. The van der Waals surface area contributed by atoms with E-state index in [1.807, 2.05) is 49.4 Å². The molecule has 3 rings (SSSR count). The lowest BCUT2D eigenvalue weighted by molar-refractivity contribution is -0.148. The van der Waals surface area contributed by atoms with Crippen LogP contribution in [-0.2, 0) is 27.3 Å². The molecule has 26 heavy (non-hydrogen) atoms. The van der Waals surface area contributed by atoms with E-state index in [9.17, 15) is 9.59 Å². The molecule has 1 N–H and O–H groups in total. The Morgan fingerprint density at radius 3 is 2.77 bits per heavy atom. The van der Waals surface area contributed by atoms with Gasteiger partial charge in [-0.1, -0.05) is 30.3 Å². The first-order valence-corrected chi connectivity index (χ1v) is 8.47. The zero-order chi connectivity index (χ0) is 18.4. The third kappa shape index (κ3) is 4.75. The molecular formula is C20H21NO5. The highest BCUT2D eigenvalue weighted by molar-refractivity contribution is 5.80. The second-order valence-corrected chi connectivity index (χ2v) is 6.05. The zero-order valence-electron chi connectivity index (χ0n) is 14.6.